The van der Waals surface area contributed by atoms with Gasteiger partial charge in [-0.2, -0.15) is 8.78 Å². The topological polar surface area (TPSA) is 26.0 Å². The highest BCUT2D eigenvalue weighted by molar-refractivity contribution is 5.25. The number of benzene rings is 1. The second-order valence-electron chi connectivity index (χ2n) is 4.51. The summed E-state index contributed by atoms with van der Waals surface area (Å²) in [5.41, 5.74) is 7.00. The molecule has 0 amide bonds. The largest absolute Gasteiger partial charge is 0.300 e. The molecular formula is C15H25F2N. The summed E-state index contributed by atoms with van der Waals surface area (Å²) in [7, 11) is 0. The van der Waals surface area contributed by atoms with E-state index in [2.05, 4.69) is 31.7 Å². The molecule has 0 aliphatic carbocycles. The Morgan fingerprint density at radius 1 is 1.22 bits per heavy atom. The van der Waals surface area contributed by atoms with E-state index in [1.165, 1.54) is 5.56 Å². The number of alkyl halides is 2. The Hall–Kier alpha value is -0.960. The summed E-state index contributed by atoms with van der Waals surface area (Å²) in [5, 5.41) is 0. The van der Waals surface area contributed by atoms with Gasteiger partial charge in [-0.1, -0.05) is 52.0 Å². The second-order valence-corrected chi connectivity index (χ2v) is 4.51. The van der Waals surface area contributed by atoms with E-state index in [9.17, 15) is 8.78 Å². The lowest BCUT2D eigenvalue weighted by Crippen LogP contribution is -2.28. The van der Waals surface area contributed by atoms with Gasteiger partial charge in [-0.05, 0) is 29.9 Å². The maximum atomic E-state index is 12.4. The number of nitrogens with two attached hydrogens (primary N) is 1. The lowest BCUT2D eigenvalue weighted by Gasteiger charge is -2.11. The molecule has 0 unspecified atom stereocenters. The quantitative estimate of drug-likeness (QED) is 0.759. The van der Waals surface area contributed by atoms with Crippen molar-refractivity contribution in [2.45, 2.75) is 58.9 Å². The number of hydrogen-bond donors (Lipinski definition) is 1. The Morgan fingerprint density at radius 2 is 1.83 bits per heavy atom. The van der Waals surface area contributed by atoms with Crippen molar-refractivity contribution in [3.05, 3.63) is 35.4 Å². The molecule has 0 bridgehead atoms. The molecule has 0 radical (unpaired) electrons. The maximum absolute atomic E-state index is 12.4. The summed E-state index contributed by atoms with van der Waals surface area (Å²) >= 11 is 0. The molecular weight excluding hydrogens is 232 g/mol. The van der Waals surface area contributed by atoms with Crippen LogP contribution in [0.2, 0.25) is 0 Å². The molecule has 0 aliphatic rings. The highest BCUT2D eigenvalue weighted by Crippen LogP contribution is 2.19. The van der Waals surface area contributed by atoms with Gasteiger partial charge < -0.3 is 0 Å². The van der Waals surface area contributed by atoms with Gasteiger partial charge in [0.1, 0.15) is 0 Å². The first-order chi connectivity index (χ1) is 8.38. The normalized spacial score (nSPS) is 11.1. The lowest BCUT2D eigenvalue weighted by atomic mass is 9.98. The Bertz CT molecular complexity index is 330. The summed E-state index contributed by atoms with van der Waals surface area (Å²) in [4.78, 5) is 0. The molecule has 0 aliphatic heterocycles. The highest BCUT2D eigenvalue weighted by atomic mass is 19.3. The van der Waals surface area contributed by atoms with E-state index in [-0.39, 0.29) is 6.42 Å². The first-order valence-electron chi connectivity index (χ1n) is 6.64. The molecule has 0 atom stereocenters. The summed E-state index contributed by atoms with van der Waals surface area (Å²) in [6, 6.07) is 5.06. The minimum Gasteiger partial charge on any atom is -0.272 e. The molecule has 104 valence electrons. The molecule has 1 nitrogen and oxygen atoms in total. The van der Waals surface area contributed by atoms with Crippen LogP contribution >= 0.6 is 0 Å². The summed E-state index contributed by atoms with van der Waals surface area (Å²) in [6.45, 7) is 8.24. The highest BCUT2D eigenvalue weighted by Gasteiger charge is 2.20. The predicted octanol–water partition coefficient (Wildman–Crippen LogP) is 4.71. The molecule has 2 N–H and O–H groups in total. The van der Waals surface area contributed by atoms with Crippen LogP contribution in [-0.2, 0) is 6.42 Å². The Balaban J connectivity index is 0.00000137. The molecule has 0 saturated carbocycles. The van der Waals surface area contributed by atoms with E-state index in [1.807, 2.05) is 26.0 Å². The van der Waals surface area contributed by atoms with Crippen molar-refractivity contribution in [3.8, 4) is 0 Å². The van der Waals surface area contributed by atoms with Crippen molar-refractivity contribution in [2.24, 2.45) is 5.73 Å². The van der Waals surface area contributed by atoms with Crippen LogP contribution < -0.4 is 5.73 Å². The zero-order chi connectivity index (χ0) is 14.2. The van der Waals surface area contributed by atoms with Crippen molar-refractivity contribution in [3.63, 3.8) is 0 Å². The van der Waals surface area contributed by atoms with Crippen LogP contribution in [0.3, 0.4) is 0 Å². The third kappa shape index (κ3) is 7.38. The van der Waals surface area contributed by atoms with Crippen molar-refractivity contribution < 1.29 is 8.78 Å². The molecule has 1 aromatic carbocycles. The van der Waals surface area contributed by atoms with Crippen LogP contribution in [0.4, 0.5) is 8.78 Å². The Labute approximate surface area is 109 Å². The minimum atomic E-state index is -3.03. The predicted molar refractivity (Wildman–Crippen MR) is 74.0 cm³/mol. The number of rotatable bonds is 5. The van der Waals surface area contributed by atoms with Crippen molar-refractivity contribution >= 4 is 0 Å². The zero-order valence-electron chi connectivity index (χ0n) is 11.8. The van der Waals surface area contributed by atoms with E-state index < -0.39 is 6.05 Å². The van der Waals surface area contributed by atoms with Crippen LogP contribution in [0, 0.1) is 0 Å². The zero-order valence-corrected chi connectivity index (χ0v) is 11.8. The first kappa shape index (κ1) is 17.0. The number of halogens is 2. The fraction of sp³-hybridized carbons (Fsp3) is 0.600. The fourth-order valence-corrected chi connectivity index (χ4v) is 1.64. The molecule has 1 aromatic rings. The second kappa shape index (κ2) is 8.20. The summed E-state index contributed by atoms with van der Waals surface area (Å²) < 4.78 is 24.8. The van der Waals surface area contributed by atoms with Gasteiger partial charge in [0.25, 0.3) is 6.05 Å². The van der Waals surface area contributed by atoms with Gasteiger partial charge in [0, 0.05) is 6.42 Å². The Kier molecular flexibility index (Phi) is 7.76. The third-order valence-corrected chi connectivity index (χ3v) is 2.59. The maximum Gasteiger partial charge on any atom is 0.300 e. The van der Waals surface area contributed by atoms with Crippen molar-refractivity contribution in [1.29, 1.82) is 0 Å². The van der Waals surface area contributed by atoms with Crippen LogP contribution in [0.1, 0.15) is 57.6 Å². The van der Waals surface area contributed by atoms with Gasteiger partial charge >= 0.3 is 0 Å². The molecule has 0 heterocycles. The third-order valence-electron chi connectivity index (χ3n) is 2.59. The number of hydrogen-bond acceptors (Lipinski definition) is 1. The van der Waals surface area contributed by atoms with Crippen LogP contribution in [0.15, 0.2) is 24.3 Å². The fourth-order valence-electron chi connectivity index (χ4n) is 1.64. The van der Waals surface area contributed by atoms with Crippen molar-refractivity contribution in [1.82, 2.24) is 0 Å². The van der Waals surface area contributed by atoms with Gasteiger partial charge in [0.15, 0.2) is 0 Å². The van der Waals surface area contributed by atoms with Crippen LogP contribution in [0.25, 0.3) is 0 Å². The van der Waals surface area contributed by atoms with E-state index in [0.29, 0.717) is 18.8 Å². The lowest BCUT2D eigenvalue weighted by molar-refractivity contribution is -0.00247. The molecule has 3 heteroatoms. The standard InChI is InChI=1S/C13H19F2N.C2H6/c1-10(2)12-7-3-5-11(9-12)6-4-8-13(14,15)16;1-2/h3,5,7,9-10H,4,6,8,16H2,1-2H3;1-2H3. The van der Waals surface area contributed by atoms with Gasteiger partial charge in [0.05, 0.1) is 0 Å². The van der Waals surface area contributed by atoms with Crippen molar-refractivity contribution in [2.75, 3.05) is 0 Å². The molecule has 0 fully saturated rings. The smallest absolute Gasteiger partial charge is 0.272 e. The van der Waals surface area contributed by atoms with E-state index in [4.69, 9.17) is 0 Å². The van der Waals surface area contributed by atoms with Gasteiger partial charge in [-0.15, -0.1) is 0 Å². The summed E-state index contributed by atoms with van der Waals surface area (Å²) in [5.74, 6) is 0.468. The first-order valence-corrected chi connectivity index (χ1v) is 6.64. The SMILES string of the molecule is CC.CC(C)c1cccc(CCCC(N)(F)F)c1. The molecule has 18 heavy (non-hydrogen) atoms. The monoisotopic (exact) mass is 257 g/mol. The van der Waals surface area contributed by atoms with Gasteiger partial charge in [0.2, 0.25) is 0 Å². The molecule has 1 rings (SSSR count). The average molecular weight is 257 g/mol. The van der Waals surface area contributed by atoms with Gasteiger partial charge in [-0.25, -0.2) is 0 Å². The van der Waals surface area contributed by atoms with E-state index in [0.717, 1.165) is 5.56 Å². The van der Waals surface area contributed by atoms with Gasteiger partial charge in [-0.3, -0.25) is 5.73 Å². The molecule has 0 spiro atoms. The minimum absolute atomic E-state index is 0.251. The van der Waals surface area contributed by atoms with E-state index >= 15 is 0 Å². The average Bonchev–Trinajstić information content (AvgIpc) is 2.30. The van der Waals surface area contributed by atoms with Crippen LogP contribution in [-0.4, -0.2) is 6.05 Å². The number of aryl methyl sites for hydroxylation is 1. The summed E-state index contributed by atoms with van der Waals surface area (Å²) in [6.07, 6.45) is 0.831. The van der Waals surface area contributed by atoms with Crippen LogP contribution in [0.5, 0.6) is 0 Å². The van der Waals surface area contributed by atoms with E-state index in [1.54, 1.807) is 0 Å². The molecule has 0 aromatic heterocycles. The molecule has 0 saturated heterocycles. The Morgan fingerprint density at radius 3 is 2.33 bits per heavy atom.